The molecule has 0 aliphatic rings. The third-order valence-electron chi connectivity index (χ3n) is 0.643. The summed E-state index contributed by atoms with van der Waals surface area (Å²) in [5.41, 5.74) is 0. The monoisotopic (exact) mass is 117 g/mol. The van der Waals surface area contributed by atoms with Crippen molar-refractivity contribution in [2.45, 2.75) is 13.0 Å². The molecule has 0 bridgehead atoms. The molecule has 0 aliphatic carbocycles. The van der Waals surface area contributed by atoms with Crippen LogP contribution in [0.5, 0.6) is 0 Å². The van der Waals surface area contributed by atoms with E-state index in [4.69, 9.17) is 5.11 Å². The number of carboxylic acids is 1. The fourth-order valence-electron chi connectivity index (χ4n) is 0.272. The Morgan fingerprint density at radius 2 is 2.50 bits per heavy atom. The Balaban J connectivity index is 3.32. The van der Waals surface area contributed by atoms with E-state index in [1.165, 1.54) is 0 Å². The van der Waals surface area contributed by atoms with Crippen LogP contribution >= 0.6 is 0 Å². The van der Waals surface area contributed by atoms with Crippen molar-refractivity contribution >= 4 is 5.97 Å². The van der Waals surface area contributed by atoms with Gasteiger partial charge in [0.05, 0.1) is 0 Å². The third kappa shape index (κ3) is 2.58. The smallest absolute Gasteiger partial charge is 0.332 e. The standard InChI is InChI=1S/C5H9O3/c1-3-8-4(2)5(6)7/h4H,2-3H2,1H3,(H,6,7). The summed E-state index contributed by atoms with van der Waals surface area (Å²) >= 11 is 0. The number of ether oxygens (including phenoxy) is 1. The summed E-state index contributed by atoms with van der Waals surface area (Å²) in [6.07, 6.45) is -0.917. The van der Waals surface area contributed by atoms with Crippen LogP contribution in [-0.2, 0) is 9.53 Å². The van der Waals surface area contributed by atoms with Gasteiger partial charge in [-0.25, -0.2) is 4.79 Å². The fraction of sp³-hybridized carbons (Fsp3) is 0.600. The largest absolute Gasteiger partial charge is 0.479 e. The second-order valence-electron chi connectivity index (χ2n) is 1.28. The van der Waals surface area contributed by atoms with E-state index >= 15 is 0 Å². The molecule has 1 N–H and O–H groups in total. The first-order chi connectivity index (χ1) is 3.68. The first kappa shape index (κ1) is 7.43. The summed E-state index contributed by atoms with van der Waals surface area (Å²) in [4.78, 5) is 9.90. The first-order valence-corrected chi connectivity index (χ1v) is 2.36. The minimum atomic E-state index is -1.02. The van der Waals surface area contributed by atoms with Crippen LogP contribution in [-0.4, -0.2) is 23.8 Å². The van der Waals surface area contributed by atoms with E-state index in [-0.39, 0.29) is 0 Å². The Hall–Kier alpha value is -0.570. The number of carbonyl (C=O) groups is 1. The molecule has 0 rings (SSSR count). The molecule has 3 nitrogen and oxygen atoms in total. The van der Waals surface area contributed by atoms with Gasteiger partial charge in [-0.3, -0.25) is 0 Å². The number of hydrogen-bond acceptors (Lipinski definition) is 2. The Morgan fingerprint density at radius 3 is 2.62 bits per heavy atom. The molecule has 1 unspecified atom stereocenters. The van der Waals surface area contributed by atoms with Crippen molar-refractivity contribution in [3.8, 4) is 0 Å². The predicted octanol–water partition coefficient (Wildman–Crippen LogP) is 0.310. The van der Waals surface area contributed by atoms with Gasteiger partial charge in [-0.2, -0.15) is 0 Å². The summed E-state index contributed by atoms with van der Waals surface area (Å²) in [5.74, 6) is -1.02. The molecule has 0 fully saturated rings. The minimum absolute atomic E-state index is 0.389. The van der Waals surface area contributed by atoms with Crippen LogP contribution in [0.1, 0.15) is 6.92 Å². The van der Waals surface area contributed by atoms with Crippen molar-refractivity contribution in [2.24, 2.45) is 0 Å². The van der Waals surface area contributed by atoms with Gasteiger partial charge in [-0.15, -0.1) is 0 Å². The van der Waals surface area contributed by atoms with E-state index in [1.807, 2.05) is 0 Å². The quantitative estimate of drug-likeness (QED) is 0.578. The maximum absolute atomic E-state index is 9.90. The van der Waals surface area contributed by atoms with Crippen molar-refractivity contribution in [3.63, 3.8) is 0 Å². The lowest BCUT2D eigenvalue weighted by Crippen LogP contribution is -2.19. The fourth-order valence-corrected chi connectivity index (χ4v) is 0.272. The highest BCUT2D eigenvalue weighted by Crippen LogP contribution is 1.86. The summed E-state index contributed by atoms with van der Waals surface area (Å²) < 4.78 is 4.59. The predicted molar refractivity (Wildman–Crippen MR) is 28.4 cm³/mol. The molecule has 0 aromatic heterocycles. The average molecular weight is 117 g/mol. The zero-order chi connectivity index (χ0) is 6.57. The molecule has 0 heterocycles. The van der Waals surface area contributed by atoms with Crippen molar-refractivity contribution in [3.05, 3.63) is 6.92 Å². The lowest BCUT2D eigenvalue weighted by atomic mass is 10.4. The molecule has 0 amide bonds. The zero-order valence-electron chi connectivity index (χ0n) is 4.76. The first-order valence-electron chi connectivity index (χ1n) is 2.36. The molecule has 0 saturated carbocycles. The normalized spacial score (nSPS) is 13.2. The van der Waals surface area contributed by atoms with Gasteiger partial charge < -0.3 is 9.84 Å². The molecular weight excluding hydrogens is 108 g/mol. The Kier molecular flexibility index (Phi) is 3.19. The molecule has 1 atom stereocenters. The van der Waals surface area contributed by atoms with E-state index in [1.54, 1.807) is 6.92 Å². The van der Waals surface area contributed by atoms with E-state index in [9.17, 15) is 4.79 Å². The molecule has 47 valence electrons. The van der Waals surface area contributed by atoms with Crippen LogP contribution in [0.3, 0.4) is 0 Å². The highest BCUT2D eigenvalue weighted by molar-refractivity contribution is 5.72. The molecule has 0 aromatic rings. The second-order valence-corrected chi connectivity index (χ2v) is 1.28. The summed E-state index contributed by atoms with van der Waals surface area (Å²) in [6, 6.07) is 0. The van der Waals surface area contributed by atoms with Crippen molar-refractivity contribution in [1.29, 1.82) is 0 Å². The highest BCUT2D eigenvalue weighted by atomic mass is 16.5. The van der Waals surface area contributed by atoms with Gasteiger partial charge in [0.15, 0.2) is 6.10 Å². The van der Waals surface area contributed by atoms with E-state index in [2.05, 4.69) is 11.7 Å². The molecule has 1 radical (unpaired) electrons. The third-order valence-corrected chi connectivity index (χ3v) is 0.643. The molecule has 0 spiro atoms. The topological polar surface area (TPSA) is 46.5 Å². The van der Waals surface area contributed by atoms with Gasteiger partial charge in [-0.1, -0.05) is 0 Å². The van der Waals surface area contributed by atoms with Crippen LogP contribution in [0.4, 0.5) is 0 Å². The lowest BCUT2D eigenvalue weighted by Gasteiger charge is -2.02. The van der Waals surface area contributed by atoms with E-state index in [0.29, 0.717) is 6.61 Å². The second kappa shape index (κ2) is 3.43. The Labute approximate surface area is 48.3 Å². The van der Waals surface area contributed by atoms with Crippen LogP contribution in [0, 0.1) is 6.92 Å². The molecule has 8 heavy (non-hydrogen) atoms. The van der Waals surface area contributed by atoms with Crippen molar-refractivity contribution in [1.82, 2.24) is 0 Å². The summed E-state index contributed by atoms with van der Waals surface area (Å²) in [5, 5.41) is 8.13. The number of rotatable bonds is 3. The highest BCUT2D eigenvalue weighted by Gasteiger charge is 2.08. The van der Waals surface area contributed by atoms with Gasteiger partial charge >= 0.3 is 5.97 Å². The summed E-state index contributed by atoms with van der Waals surface area (Å²) in [6.45, 7) is 5.32. The number of hydrogen-bond donors (Lipinski definition) is 1. The molecule has 3 heteroatoms. The van der Waals surface area contributed by atoms with Gasteiger partial charge in [-0.05, 0) is 13.8 Å². The lowest BCUT2D eigenvalue weighted by molar-refractivity contribution is -0.147. The van der Waals surface area contributed by atoms with Crippen LogP contribution in [0.2, 0.25) is 0 Å². The maximum atomic E-state index is 9.90. The number of aliphatic carboxylic acids is 1. The van der Waals surface area contributed by atoms with Crippen LogP contribution in [0.25, 0.3) is 0 Å². The van der Waals surface area contributed by atoms with E-state index in [0.717, 1.165) is 0 Å². The van der Waals surface area contributed by atoms with Gasteiger partial charge in [0, 0.05) is 6.61 Å². The average Bonchev–Trinajstić information content (AvgIpc) is 1.67. The Morgan fingerprint density at radius 1 is 2.00 bits per heavy atom. The minimum Gasteiger partial charge on any atom is -0.479 e. The molecule has 0 aromatic carbocycles. The van der Waals surface area contributed by atoms with E-state index < -0.39 is 12.1 Å². The van der Waals surface area contributed by atoms with Crippen LogP contribution in [0.15, 0.2) is 0 Å². The molecular formula is C5H9O3. The van der Waals surface area contributed by atoms with Gasteiger partial charge in [0.1, 0.15) is 0 Å². The molecule has 0 saturated heterocycles. The van der Waals surface area contributed by atoms with Gasteiger partial charge in [0.2, 0.25) is 0 Å². The summed E-state index contributed by atoms with van der Waals surface area (Å²) in [7, 11) is 0. The number of carboxylic acid groups (broad SMARTS) is 1. The molecule has 0 aliphatic heterocycles. The van der Waals surface area contributed by atoms with Crippen molar-refractivity contribution in [2.75, 3.05) is 6.61 Å². The van der Waals surface area contributed by atoms with Gasteiger partial charge in [0.25, 0.3) is 0 Å². The maximum Gasteiger partial charge on any atom is 0.332 e. The Bertz CT molecular complexity index is 79.7. The SMILES string of the molecule is [CH2]C(OCC)C(=O)O. The van der Waals surface area contributed by atoms with Crippen molar-refractivity contribution < 1.29 is 14.6 Å². The van der Waals surface area contributed by atoms with Crippen LogP contribution < -0.4 is 0 Å². The zero-order valence-corrected chi connectivity index (χ0v) is 4.76.